The number of benzene rings is 2. The number of ether oxygens (including phenoxy) is 1. The van der Waals surface area contributed by atoms with Gasteiger partial charge in [-0.05, 0) is 55.7 Å². The molecule has 2 atom stereocenters. The minimum absolute atomic E-state index is 0.0722. The fraction of sp³-hybridized carbons (Fsp3) is 0.464. The van der Waals surface area contributed by atoms with Crippen molar-refractivity contribution in [1.82, 2.24) is 14.5 Å². The molecule has 1 amide bonds. The van der Waals surface area contributed by atoms with E-state index in [1.165, 1.54) is 0 Å². The molecule has 3 rings (SSSR count). The van der Waals surface area contributed by atoms with Crippen molar-refractivity contribution in [3.8, 4) is 5.69 Å². The van der Waals surface area contributed by atoms with Gasteiger partial charge >= 0.3 is 0 Å². The summed E-state index contributed by atoms with van der Waals surface area (Å²) >= 11 is 6.14. The zero-order valence-electron chi connectivity index (χ0n) is 21.2. The fourth-order valence-electron chi connectivity index (χ4n) is 4.55. The molecule has 0 aliphatic carbocycles. The number of fused-ring (bicyclic) bond motifs is 1. The maximum atomic E-state index is 13.8. The predicted octanol–water partition coefficient (Wildman–Crippen LogP) is 6.18. The number of rotatable bonds is 12. The Bertz CT molecular complexity index is 1180. The number of aromatic nitrogens is 2. The zero-order chi connectivity index (χ0) is 25.4. The molecule has 0 saturated carbocycles. The number of carbonyl (C=O) groups excluding carboxylic acids is 1. The molecule has 0 spiro atoms. The lowest BCUT2D eigenvalue weighted by Gasteiger charge is -2.34. The SMILES string of the molecule is CCCCC(CC)C(=O)N(CCOC)C(CC)c1nc2ccccc2c(=O)n1-c1ccc(Cl)cc1. The van der Waals surface area contributed by atoms with Crippen molar-refractivity contribution in [2.75, 3.05) is 20.3 Å². The number of unbranched alkanes of at least 4 members (excludes halogenated alkanes) is 1. The van der Waals surface area contributed by atoms with Crippen molar-refractivity contribution in [2.45, 2.75) is 58.9 Å². The largest absolute Gasteiger partial charge is 0.383 e. The molecular formula is C28H36ClN3O3. The number of carbonyl (C=O) groups is 1. The van der Waals surface area contributed by atoms with E-state index in [1.807, 2.05) is 42.2 Å². The van der Waals surface area contributed by atoms with Crippen LogP contribution in [0.2, 0.25) is 5.02 Å². The molecule has 7 heteroatoms. The summed E-state index contributed by atoms with van der Waals surface area (Å²) in [4.78, 5) is 34.4. The number of para-hydroxylation sites is 1. The highest BCUT2D eigenvalue weighted by molar-refractivity contribution is 6.30. The molecule has 188 valence electrons. The smallest absolute Gasteiger partial charge is 0.266 e. The van der Waals surface area contributed by atoms with Crippen LogP contribution in [0.1, 0.15) is 64.7 Å². The normalized spacial score (nSPS) is 13.1. The zero-order valence-corrected chi connectivity index (χ0v) is 21.9. The molecule has 35 heavy (non-hydrogen) atoms. The Balaban J connectivity index is 2.21. The van der Waals surface area contributed by atoms with Crippen LogP contribution in [0.15, 0.2) is 53.3 Å². The van der Waals surface area contributed by atoms with E-state index in [0.717, 1.165) is 25.7 Å². The molecule has 0 bridgehead atoms. The second-order valence-electron chi connectivity index (χ2n) is 8.80. The number of amides is 1. The average molecular weight is 498 g/mol. The second-order valence-corrected chi connectivity index (χ2v) is 9.24. The quantitative estimate of drug-likeness (QED) is 0.299. The molecule has 6 nitrogen and oxygen atoms in total. The lowest BCUT2D eigenvalue weighted by molar-refractivity contribution is -0.139. The van der Waals surface area contributed by atoms with Crippen molar-refractivity contribution < 1.29 is 9.53 Å². The fourth-order valence-corrected chi connectivity index (χ4v) is 4.68. The molecule has 2 aromatic carbocycles. The van der Waals surface area contributed by atoms with Crippen LogP contribution in [0.5, 0.6) is 0 Å². The van der Waals surface area contributed by atoms with E-state index in [1.54, 1.807) is 29.9 Å². The summed E-state index contributed by atoms with van der Waals surface area (Å²) in [7, 11) is 1.63. The number of methoxy groups -OCH3 is 1. The van der Waals surface area contributed by atoms with E-state index in [4.69, 9.17) is 21.3 Å². The number of halogens is 1. The summed E-state index contributed by atoms with van der Waals surface area (Å²) < 4.78 is 7.00. The summed E-state index contributed by atoms with van der Waals surface area (Å²) in [6.07, 6.45) is 4.27. The van der Waals surface area contributed by atoms with E-state index in [0.29, 0.717) is 47.0 Å². The first-order valence-electron chi connectivity index (χ1n) is 12.5. The molecule has 0 aliphatic rings. The van der Waals surface area contributed by atoms with Gasteiger partial charge < -0.3 is 9.64 Å². The van der Waals surface area contributed by atoms with Crippen LogP contribution in [-0.4, -0.2) is 40.6 Å². The maximum absolute atomic E-state index is 13.8. The molecule has 0 aliphatic heterocycles. The Hall–Kier alpha value is -2.70. The van der Waals surface area contributed by atoms with Crippen molar-refractivity contribution in [1.29, 1.82) is 0 Å². The van der Waals surface area contributed by atoms with E-state index in [-0.39, 0.29) is 23.4 Å². The second kappa shape index (κ2) is 12.8. The first-order chi connectivity index (χ1) is 17.0. The van der Waals surface area contributed by atoms with Gasteiger partial charge in [-0.15, -0.1) is 0 Å². The van der Waals surface area contributed by atoms with Crippen molar-refractivity contribution in [2.24, 2.45) is 5.92 Å². The van der Waals surface area contributed by atoms with Gasteiger partial charge in [-0.2, -0.15) is 0 Å². The first-order valence-corrected chi connectivity index (χ1v) is 12.9. The lowest BCUT2D eigenvalue weighted by Crippen LogP contribution is -2.43. The van der Waals surface area contributed by atoms with Crippen LogP contribution in [0, 0.1) is 5.92 Å². The van der Waals surface area contributed by atoms with Crippen LogP contribution in [0.3, 0.4) is 0 Å². The van der Waals surface area contributed by atoms with Gasteiger partial charge in [-0.1, -0.05) is 57.3 Å². The molecule has 0 N–H and O–H groups in total. The molecule has 0 radical (unpaired) electrons. The van der Waals surface area contributed by atoms with E-state index in [9.17, 15) is 9.59 Å². The third-order valence-electron chi connectivity index (χ3n) is 6.52. The van der Waals surface area contributed by atoms with Crippen LogP contribution >= 0.6 is 11.6 Å². The minimum Gasteiger partial charge on any atom is -0.383 e. The maximum Gasteiger partial charge on any atom is 0.266 e. The highest BCUT2D eigenvalue weighted by atomic mass is 35.5. The minimum atomic E-state index is -0.388. The van der Waals surface area contributed by atoms with Gasteiger partial charge in [0.25, 0.3) is 5.56 Å². The van der Waals surface area contributed by atoms with Gasteiger partial charge in [0, 0.05) is 24.6 Å². The van der Waals surface area contributed by atoms with E-state index < -0.39 is 0 Å². The third kappa shape index (κ3) is 6.11. The Morgan fingerprint density at radius 1 is 1.09 bits per heavy atom. The summed E-state index contributed by atoms with van der Waals surface area (Å²) in [5.74, 6) is 0.570. The van der Waals surface area contributed by atoms with Crippen molar-refractivity contribution in [3.63, 3.8) is 0 Å². The predicted molar refractivity (Wildman–Crippen MR) is 142 cm³/mol. The van der Waals surface area contributed by atoms with E-state index >= 15 is 0 Å². The summed E-state index contributed by atoms with van der Waals surface area (Å²) in [5.41, 5.74) is 1.13. The highest BCUT2D eigenvalue weighted by Gasteiger charge is 2.32. The van der Waals surface area contributed by atoms with Gasteiger partial charge in [0.2, 0.25) is 5.91 Å². The Morgan fingerprint density at radius 3 is 2.43 bits per heavy atom. The third-order valence-corrected chi connectivity index (χ3v) is 6.77. The van der Waals surface area contributed by atoms with Crippen LogP contribution in [-0.2, 0) is 9.53 Å². The molecule has 3 aromatic rings. The molecular weight excluding hydrogens is 462 g/mol. The molecule has 1 aromatic heterocycles. The topological polar surface area (TPSA) is 64.4 Å². The summed E-state index contributed by atoms with van der Waals surface area (Å²) in [5, 5.41) is 1.12. The first kappa shape index (κ1) is 26.9. The van der Waals surface area contributed by atoms with Crippen LogP contribution in [0.25, 0.3) is 16.6 Å². The number of hydrogen-bond donors (Lipinski definition) is 0. The highest BCUT2D eigenvalue weighted by Crippen LogP contribution is 2.29. The summed E-state index contributed by atoms with van der Waals surface area (Å²) in [6.45, 7) is 7.06. The van der Waals surface area contributed by atoms with Gasteiger partial charge in [0.15, 0.2) is 0 Å². The standard InChI is InChI=1S/C28H36ClN3O3/c1-5-8-11-20(6-2)27(33)31(18-19-35-4)25(7-3)26-30-24-13-10-9-12-23(24)28(34)32(26)22-16-14-21(29)15-17-22/h9-10,12-17,20,25H,5-8,11,18-19H2,1-4H3. The van der Waals surface area contributed by atoms with E-state index in [2.05, 4.69) is 13.8 Å². The van der Waals surface area contributed by atoms with Crippen LogP contribution < -0.4 is 5.56 Å². The Morgan fingerprint density at radius 2 is 1.80 bits per heavy atom. The van der Waals surface area contributed by atoms with Crippen molar-refractivity contribution in [3.05, 3.63) is 69.7 Å². The monoisotopic (exact) mass is 497 g/mol. The average Bonchev–Trinajstić information content (AvgIpc) is 2.87. The Kier molecular flexibility index (Phi) is 9.87. The molecule has 2 unspecified atom stereocenters. The molecule has 0 fully saturated rings. The Labute approximate surface area is 212 Å². The summed E-state index contributed by atoms with van der Waals surface area (Å²) in [6, 6.07) is 14.1. The number of nitrogens with zero attached hydrogens (tertiary/aromatic N) is 3. The van der Waals surface area contributed by atoms with Crippen molar-refractivity contribution >= 4 is 28.4 Å². The molecule has 1 heterocycles. The number of hydrogen-bond acceptors (Lipinski definition) is 4. The van der Waals surface area contributed by atoms with Gasteiger partial charge in [0.05, 0.1) is 29.2 Å². The van der Waals surface area contributed by atoms with Gasteiger partial charge in [0.1, 0.15) is 5.82 Å². The lowest BCUT2D eigenvalue weighted by atomic mass is 9.96. The van der Waals surface area contributed by atoms with Crippen LogP contribution in [0.4, 0.5) is 0 Å². The molecule has 0 saturated heterocycles. The van der Waals surface area contributed by atoms with Gasteiger partial charge in [-0.25, -0.2) is 4.98 Å². The van der Waals surface area contributed by atoms with Gasteiger partial charge in [-0.3, -0.25) is 14.2 Å².